The number of ketones is 1. The second-order valence-electron chi connectivity index (χ2n) is 6.84. The third-order valence-corrected chi connectivity index (χ3v) is 6.71. The molecule has 0 unspecified atom stereocenters. The summed E-state index contributed by atoms with van der Waals surface area (Å²) in [5.41, 5.74) is 0.535. The van der Waals surface area contributed by atoms with Crippen LogP contribution >= 0.6 is 11.6 Å². The molecule has 0 saturated carbocycles. The van der Waals surface area contributed by atoms with Crippen molar-refractivity contribution in [2.45, 2.75) is 11.8 Å². The summed E-state index contributed by atoms with van der Waals surface area (Å²) in [5.74, 6) is -0.596. The Hall–Kier alpha value is -3.22. The van der Waals surface area contributed by atoms with Crippen LogP contribution in [0.1, 0.15) is 21.5 Å². The maximum atomic E-state index is 13.4. The Kier molecular flexibility index (Phi) is 5.05. The van der Waals surface area contributed by atoms with Crippen molar-refractivity contribution >= 4 is 38.3 Å². The van der Waals surface area contributed by atoms with Gasteiger partial charge in [-0.3, -0.25) is 9.59 Å². The second-order valence-corrected chi connectivity index (χ2v) is 9.09. The molecule has 1 heterocycles. The molecular formula is C23H16ClNO4S. The molecule has 0 radical (unpaired) electrons. The molecule has 0 saturated heterocycles. The van der Waals surface area contributed by atoms with Gasteiger partial charge in [-0.25, -0.2) is 12.4 Å². The molecule has 7 heteroatoms. The van der Waals surface area contributed by atoms with E-state index in [-0.39, 0.29) is 26.9 Å². The van der Waals surface area contributed by atoms with Gasteiger partial charge in [0.2, 0.25) is 5.43 Å². The van der Waals surface area contributed by atoms with E-state index < -0.39 is 21.2 Å². The van der Waals surface area contributed by atoms with Gasteiger partial charge in [-0.2, -0.15) is 0 Å². The van der Waals surface area contributed by atoms with Crippen molar-refractivity contribution in [3.8, 4) is 0 Å². The number of halogens is 1. The molecule has 0 bridgehead atoms. The number of hydrogen-bond acceptors (Lipinski definition) is 4. The zero-order valence-corrected chi connectivity index (χ0v) is 17.4. The minimum Gasteiger partial charge on any atom is -0.288 e. The average molecular weight is 438 g/mol. The molecule has 0 fully saturated rings. The molecule has 1 aromatic heterocycles. The van der Waals surface area contributed by atoms with Crippen LogP contribution in [0.3, 0.4) is 0 Å². The van der Waals surface area contributed by atoms with Crippen LogP contribution in [-0.2, 0) is 10.0 Å². The highest BCUT2D eigenvalue weighted by Crippen LogP contribution is 2.22. The lowest BCUT2D eigenvalue weighted by atomic mass is 10.0. The van der Waals surface area contributed by atoms with Crippen molar-refractivity contribution in [1.82, 2.24) is 3.97 Å². The Morgan fingerprint density at radius 3 is 2.33 bits per heavy atom. The van der Waals surface area contributed by atoms with Crippen LogP contribution in [0.5, 0.6) is 0 Å². The molecule has 5 nitrogen and oxygen atoms in total. The van der Waals surface area contributed by atoms with Crippen LogP contribution in [0.15, 0.2) is 88.7 Å². The molecule has 150 valence electrons. The number of para-hydroxylation sites is 1. The predicted molar refractivity (Wildman–Crippen MR) is 117 cm³/mol. The predicted octanol–water partition coefficient (Wildman–Crippen LogP) is 4.43. The number of carbonyl (C=O) groups excluding carboxylic acids is 1. The lowest BCUT2D eigenvalue weighted by Gasteiger charge is -2.14. The van der Waals surface area contributed by atoms with E-state index in [9.17, 15) is 18.0 Å². The number of aromatic nitrogens is 1. The fourth-order valence-corrected chi connectivity index (χ4v) is 4.78. The Bertz CT molecular complexity index is 1460. The van der Waals surface area contributed by atoms with E-state index in [1.54, 1.807) is 36.4 Å². The molecule has 0 aliphatic heterocycles. The van der Waals surface area contributed by atoms with Crippen LogP contribution in [0.2, 0.25) is 5.02 Å². The van der Waals surface area contributed by atoms with Gasteiger partial charge in [0.25, 0.3) is 10.0 Å². The van der Waals surface area contributed by atoms with Crippen molar-refractivity contribution in [1.29, 1.82) is 0 Å². The van der Waals surface area contributed by atoms with Gasteiger partial charge in [0, 0.05) is 22.2 Å². The van der Waals surface area contributed by atoms with E-state index in [0.717, 1.165) is 15.7 Å². The van der Waals surface area contributed by atoms with Crippen LogP contribution in [0.4, 0.5) is 0 Å². The van der Waals surface area contributed by atoms with E-state index >= 15 is 0 Å². The van der Waals surface area contributed by atoms with Gasteiger partial charge < -0.3 is 0 Å². The first-order valence-electron chi connectivity index (χ1n) is 9.06. The third-order valence-electron chi connectivity index (χ3n) is 4.79. The summed E-state index contributed by atoms with van der Waals surface area (Å²) in [7, 11) is -4.05. The first kappa shape index (κ1) is 20.1. The first-order valence-corrected chi connectivity index (χ1v) is 10.9. The highest BCUT2D eigenvalue weighted by Gasteiger charge is 2.23. The number of pyridine rings is 1. The molecule has 0 spiro atoms. The quantitative estimate of drug-likeness (QED) is 0.443. The van der Waals surface area contributed by atoms with Crippen LogP contribution in [0.25, 0.3) is 10.9 Å². The summed E-state index contributed by atoms with van der Waals surface area (Å²) in [6.45, 7) is 1.85. The Labute approximate surface area is 178 Å². The highest BCUT2D eigenvalue weighted by atomic mass is 35.5. The number of aryl methyl sites for hydroxylation is 1. The van der Waals surface area contributed by atoms with Gasteiger partial charge in [-0.1, -0.05) is 53.6 Å². The summed E-state index contributed by atoms with van der Waals surface area (Å²) >= 11 is 5.98. The SMILES string of the molecule is Cc1ccc(S(=O)(=O)n2cc(C(=O)c3cccc(Cl)c3)c(=O)c3ccccc32)cc1. The number of benzene rings is 3. The van der Waals surface area contributed by atoms with Crippen LogP contribution in [0, 0.1) is 6.92 Å². The van der Waals surface area contributed by atoms with Crippen LogP contribution < -0.4 is 5.43 Å². The van der Waals surface area contributed by atoms with Gasteiger partial charge in [0.05, 0.1) is 16.0 Å². The molecular weight excluding hydrogens is 422 g/mol. The van der Waals surface area contributed by atoms with E-state index in [2.05, 4.69) is 0 Å². The summed E-state index contributed by atoms with van der Waals surface area (Å²) in [6.07, 6.45) is 1.10. The maximum Gasteiger partial charge on any atom is 0.268 e. The Morgan fingerprint density at radius 2 is 1.63 bits per heavy atom. The third kappa shape index (κ3) is 3.44. The van der Waals surface area contributed by atoms with Crippen molar-refractivity contribution < 1.29 is 13.2 Å². The van der Waals surface area contributed by atoms with E-state index in [4.69, 9.17) is 11.6 Å². The maximum absolute atomic E-state index is 13.4. The number of nitrogens with zero attached hydrogens (tertiary/aromatic N) is 1. The summed E-state index contributed by atoms with van der Waals surface area (Å²) in [6, 6.07) is 18.9. The molecule has 0 aliphatic carbocycles. The number of carbonyl (C=O) groups is 1. The number of hydrogen-bond donors (Lipinski definition) is 0. The minimum absolute atomic E-state index is 0.0584. The van der Waals surface area contributed by atoms with Crippen molar-refractivity contribution in [2.75, 3.05) is 0 Å². The highest BCUT2D eigenvalue weighted by molar-refractivity contribution is 7.90. The molecule has 0 amide bonds. The number of rotatable bonds is 4. The lowest BCUT2D eigenvalue weighted by molar-refractivity contribution is 0.103. The second kappa shape index (κ2) is 7.55. The fraction of sp³-hybridized carbons (Fsp3) is 0.0435. The molecule has 3 aromatic carbocycles. The van der Waals surface area contributed by atoms with Crippen molar-refractivity contribution in [3.05, 3.63) is 111 Å². The van der Waals surface area contributed by atoms with Gasteiger partial charge in [0.15, 0.2) is 5.78 Å². The van der Waals surface area contributed by atoms with Gasteiger partial charge in [0.1, 0.15) is 0 Å². The molecule has 4 rings (SSSR count). The fourth-order valence-electron chi connectivity index (χ4n) is 3.22. The molecule has 0 aliphatic rings. The molecule has 30 heavy (non-hydrogen) atoms. The first-order chi connectivity index (χ1) is 14.3. The smallest absolute Gasteiger partial charge is 0.268 e. The molecule has 0 N–H and O–H groups in total. The Morgan fingerprint density at radius 1 is 0.933 bits per heavy atom. The normalized spacial score (nSPS) is 11.5. The zero-order chi connectivity index (χ0) is 21.5. The minimum atomic E-state index is -4.05. The van der Waals surface area contributed by atoms with Crippen LogP contribution in [-0.4, -0.2) is 18.2 Å². The lowest BCUT2D eigenvalue weighted by Crippen LogP contribution is -2.23. The topological polar surface area (TPSA) is 73.2 Å². The van der Waals surface area contributed by atoms with E-state index in [1.165, 1.54) is 36.4 Å². The summed E-state index contributed by atoms with van der Waals surface area (Å²) < 4.78 is 27.7. The monoisotopic (exact) mass is 437 g/mol. The van der Waals surface area contributed by atoms with E-state index in [1.807, 2.05) is 6.92 Å². The van der Waals surface area contributed by atoms with Crippen molar-refractivity contribution in [3.63, 3.8) is 0 Å². The van der Waals surface area contributed by atoms with Gasteiger partial charge >= 0.3 is 0 Å². The Balaban J connectivity index is 2.01. The number of fused-ring (bicyclic) bond motifs is 1. The largest absolute Gasteiger partial charge is 0.288 e. The van der Waals surface area contributed by atoms with Crippen molar-refractivity contribution in [2.24, 2.45) is 0 Å². The molecule has 4 aromatic rings. The average Bonchev–Trinajstić information content (AvgIpc) is 2.74. The zero-order valence-electron chi connectivity index (χ0n) is 15.9. The molecule has 0 atom stereocenters. The van der Waals surface area contributed by atoms with Gasteiger partial charge in [-0.05, 0) is 43.3 Å². The van der Waals surface area contributed by atoms with E-state index in [0.29, 0.717) is 5.02 Å². The standard InChI is InChI=1S/C23H16ClNO4S/c1-15-9-11-18(12-10-15)30(28,29)25-14-20(22(26)16-5-4-6-17(24)13-16)23(27)19-7-2-3-8-21(19)25/h2-14H,1H3. The van der Waals surface area contributed by atoms with Gasteiger partial charge in [-0.15, -0.1) is 0 Å². The summed E-state index contributed by atoms with van der Waals surface area (Å²) in [4.78, 5) is 26.1. The summed E-state index contributed by atoms with van der Waals surface area (Å²) in [5, 5.41) is 0.482.